The Bertz CT molecular complexity index is 436. The predicted molar refractivity (Wildman–Crippen MR) is 73.8 cm³/mol. The maximum absolute atomic E-state index is 8.71. The van der Waals surface area contributed by atoms with E-state index in [-0.39, 0.29) is 0 Å². The lowest BCUT2D eigenvalue weighted by Crippen LogP contribution is -2.26. The van der Waals surface area contributed by atoms with Crippen molar-refractivity contribution >= 4 is 11.6 Å². The Hall–Kier alpha value is -1.83. The zero-order chi connectivity index (χ0) is 13.5. The number of nitrogens with zero attached hydrogens (tertiary/aromatic N) is 4. The Kier molecular flexibility index (Phi) is 5.37. The minimum Gasteiger partial charge on any atom is -0.373 e. The van der Waals surface area contributed by atoms with Gasteiger partial charge >= 0.3 is 0 Å². The molecule has 0 unspecified atom stereocenters. The Balaban J connectivity index is 3.15. The summed E-state index contributed by atoms with van der Waals surface area (Å²) in [5, 5.41) is 11.8. The molecule has 1 rings (SSSR count). The summed E-state index contributed by atoms with van der Waals surface area (Å²) in [4.78, 5) is 11.2. The van der Waals surface area contributed by atoms with Gasteiger partial charge in [0.1, 0.15) is 17.5 Å². The Morgan fingerprint density at radius 3 is 2.56 bits per heavy atom. The largest absolute Gasteiger partial charge is 0.373 e. The van der Waals surface area contributed by atoms with E-state index in [9.17, 15) is 0 Å². The highest BCUT2D eigenvalue weighted by Crippen LogP contribution is 2.23. The molecule has 0 amide bonds. The molecule has 1 N–H and O–H groups in total. The highest BCUT2D eigenvalue weighted by molar-refractivity contribution is 5.58. The summed E-state index contributed by atoms with van der Waals surface area (Å²) in [6.45, 7) is 7.67. The third-order valence-electron chi connectivity index (χ3n) is 2.89. The Labute approximate surface area is 109 Å². The SMILES string of the molecule is CCc1nc(NC)c(C)c(N(CC)CCC#N)n1. The number of aromatic nitrogens is 2. The lowest BCUT2D eigenvalue weighted by Gasteiger charge is -2.24. The first-order chi connectivity index (χ1) is 8.67. The lowest BCUT2D eigenvalue weighted by atomic mass is 10.2. The monoisotopic (exact) mass is 247 g/mol. The molecule has 0 aliphatic heterocycles. The average molecular weight is 247 g/mol. The third-order valence-corrected chi connectivity index (χ3v) is 2.89. The molecule has 1 heterocycles. The van der Waals surface area contributed by atoms with Gasteiger partial charge in [-0.15, -0.1) is 0 Å². The van der Waals surface area contributed by atoms with Crippen LogP contribution in [0.5, 0.6) is 0 Å². The van der Waals surface area contributed by atoms with Crippen LogP contribution >= 0.6 is 0 Å². The molecule has 18 heavy (non-hydrogen) atoms. The molecule has 0 saturated heterocycles. The standard InChI is InChI=1S/C13H21N5/c1-5-11-16-12(15-4)10(3)13(17-11)18(6-2)9-7-8-14/h5-7,9H2,1-4H3,(H,15,16,17). The van der Waals surface area contributed by atoms with Gasteiger partial charge in [0.15, 0.2) is 0 Å². The number of hydrogen-bond donors (Lipinski definition) is 1. The van der Waals surface area contributed by atoms with Crippen LogP contribution in [0.25, 0.3) is 0 Å². The number of hydrogen-bond acceptors (Lipinski definition) is 5. The third kappa shape index (κ3) is 3.10. The molecular formula is C13H21N5. The molecule has 0 atom stereocenters. The first-order valence-electron chi connectivity index (χ1n) is 6.35. The molecule has 0 radical (unpaired) electrons. The van der Waals surface area contributed by atoms with Gasteiger partial charge in [0, 0.05) is 32.1 Å². The fraction of sp³-hybridized carbons (Fsp3) is 0.615. The lowest BCUT2D eigenvalue weighted by molar-refractivity contribution is 0.790. The van der Waals surface area contributed by atoms with E-state index in [0.29, 0.717) is 13.0 Å². The van der Waals surface area contributed by atoms with Gasteiger partial charge in [-0.2, -0.15) is 5.26 Å². The summed E-state index contributed by atoms with van der Waals surface area (Å²) in [6.07, 6.45) is 1.31. The highest BCUT2D eigenvalue weighted by Gasteiger charge is 2.14. The second-order valence-corrected chi connectivity index (χ2v) is 4.03. The molecule has 0 aliphatic rings. The first kappa shape index (κ1) is 14.2. The van der Waals surface area contributed by atoms with Crippen LogP contribution in [-0.2, 0) is 6.42 Å². The molecule has 0 bridgehead atoms. The van der Waals surface area contributed by atoms with Crippen LogP contribution in [-0.4, -0.2) is 30.1 Å². The van der Waals surface area contributed by atoms with Crippen molar-refractivity contribution in [2.45, 2.75) is 33.6 Å². The maximum atomic E-state index is 8.71. The summed E-state index contributed by atoms with van der Waals surface area (Å²) in [6, 6.07) is 2.18. The van der Waals surface area contributed by atoms with Crippen molar-refractivity contribution in [1.29, 1.82) is 5.26 Å². The zero-order valence-corrected chi connectivity index (χ0v) is 11.6. The van der Waals surface area contributed by atoms with Crippen molar-refractivity contribution in [3.8, 4) is 6.07 Å². The van der Waals surface area contributed by atoms with Gasteiger partial charge in [0.25, 0.3) is 0 Å². The fourth-order valence-corrected chi connectivity index (χ4v) is 1.86. The van der Waals surface area contributed by atoms with Crippen LogP contribution < -0.4 is 10.2 Å². The molecule has 98 valence electrons. The predicted octanol–water partition coefficient (Wildman–Crippen LogP) is 2.13. The quantitative estimate of drug-likeness (QED) is 0.834. The van der Waals surface area contributed by atoms with E-state index in [1.807, 2.05) is 20.9 Å². The number of aryl methyl sites for hydroxylation is 1. The second-order valence-electron chi connectivity index (χ2n) is 4.03. The van der Waals surface area contributed by atoms with Gasteiger partial charge in [-0.05, 0) is 13.8 Å². The number of rotatable bonds is 6. The van der Waals surface area contributed by atoms with Crippen molar-refractivity contribution in [3.63, 3.8) is 0 Å². The maximum Gasteiger partial charge on any atom is 0.137 e. The van der Waals surface area contributed by atoms with E-state index < -0.39 is 0 Å². The van der Waals surface area contributed by atoms with Gasteiger partial charge in [0.2, 0.25) is 0 Å². The molecule has 1 aromatic rings. The van der Waals surface area contributed by atoms with Gasteiger partial charge < -0.3 is 10.2 Å². The molecule has 5 nitrogen and oxygen atoms in total. The summed E-state index contributed by atoms with van der Waals surface area (Å²) >= 11 is 0. The molecule has 1 aromatic heterocycles. The molecule has 0 spiro atoms. The van der Waals surface area contributed by atoms with E-state index in [1.165, 1.54) is 0 Å². The van der Waals surface area contributed by atoms with Crippen LogP contribution in [0.4, 0.5) is 11.6 Å². The van der Waals surface area contributed by atoms with E-state index >= 15 is 0 Å². The van der Waals surface area contributed by atoms with Crippen molar-refractivity contribution in [1.82, 2.24) is 9.97 Å². The number of nitrogens with one attached hydrogen (secondary N) is 1. The summed E-state index contributed by atoms with van der Waals surface area (Å²) in [5.41, 5.74) is 1.04. The summed E-state index contributed by atoms with van der Waals surface area (Å²) in [7, 11) is 1.87. The van der Waals surface area contributed by atoms with Gasteiger partial charge in [-0.1, -0.05) is 6.92 Å². The van der Waals surface area contributed by atoms with Gasteiger partial charge in [0.05, 0.1) is 12.5 Å². The van der Waals surface area contributed by atoms with Crippen molar-refractivity contribution in [3.05, 3.63) is 11.4 Å². The second kappa shape index (κ2) is 6.80. The molecule has 0 aromatic carbocycles. The fourth-order valence-electron chi connectivity index (χ4n) is 1.86. The van der Waals surface area contributed by atoms with Gasteiger partial charge in [-0.25, -0.2) is 9.97 Å². The van der Waals surface area contributed by atoms with Crippen LogP contribution in [0.3, 0.4) is 0 Å². The molecule has 0 aliphatic carbocycles. The van der Waals surface area contributed by atoms with E-state index in [1.54, 1.807) is 0 Å². The topological polar surface area (TPSA) is 64.8 Å². The average Bonchev–Trinajstić information content (AvgIpc) is 2.41. The van der Waals surface area contributed by atoms with Crippen molar-refractivity contribution in [2.75, 3.05) is 30.4 Å². The first-order valence-corrected chi connectivity index (χ1v) is 6.35. The summed E-state index contributed by atoms with van der Waals surface area (Å²) in [5.74, 6) is 2.63. The van der Waals surface area contributed by atoms with Crippen molar-refractivity contribution in [2.24, 2.45) is 0 Å². The zero-order valence-electron chi connectivity index (χ0n) is 11.6. The normalized spacial score (nSPS) is 9.94. The molecule has 0 saturated carbocycles. The minimum absolute atomic E-state index is 0.508. The van der Waals surface area contributed by atoms with Crippen LogP contribution in [0.1, 0.15) is 31.7 Å². The van der Waals surface area contributed by atoms with Gasteiger partial charge in [-0.3, -0.25) is 0 Å². The molecule has 0 fully saturated rings. The Morgan fingerprint density at radius 1 is 1.33 bits per heavy atom. The van der Waals surface area contributed by atoms with Crippen LogP contribution in [0, 0.1) is 18.3 Å². The highest BCUT2D eigenvalue weighted by atomic mass is 15.2. The number of nitriles is 1. The van der Waals surface area contributed by atoms with Crippen LogP contribution in [0.15, 0.2) is 0 Å². The van der Waals surface area contributed by atoms with E-state index in [4.69, 9.17) is 5.26 Å². The minimum atomic E-state index is 0.508. The molecular weight excluding hydrogens is 226 g/mol. The van der Waals surface area contributed by atoms with E-state index in [2.05, 4.69) is 33.2 Å². The van der Waals surface area contributed by atoms with Crippen molar-refractivity contribution < 1.29 is 0 Å². The Morgan fingerprint density at radius 2 is 2.06 bits per heavy atom. The van der Waals surface area contributed by atoms with E-state index in [0.717, 1.165) is 36.0 Å². The van der Waals surface area contributed by atoms with Crippen LogP contribution in [0.2, 0.25) is 0 Å². The summed E-state index contributed by atoms with van der Waals surface area (Å²) < 4.78 is 0. The molecule has 5 heteroatoms. The number of anilines is 2. The smallest absolute Gasteiger partial charge is 0.137 e.